The topological polar surface area (TPSA) is 120 Å². The molecule has 0 unspecified atom stereocenters. The summed E-state index contributed by atoms with van der Waals surface area (Å²) in [4.78, 5) is 23.9. The molecule has 0 aliphatic carbocycles. The molecule has 0 aliphatic rings. The van der Waals surface area contributed by atoms with E-state index in [9.17, 15) is 27.9 Å². The van der Waals surface area contributed by atoms with Crippen LogP contribution in [0, 0.1) is 11.3 Å². The molecule has 35 heavy (non-hydrogen) atoms. The number of carbonyl (C=O) groups is 2. The van der Waals surface area contributed by atoms with E-state index in [4.69, 9.17) is 16.9 Å². The highest BCUT2D eigenvalue weighted by Crippen LogP contribution is 2.33. The van der Waals surface area contributed by atoms with Crippen molar-refractivity contribution in [2.75, 3.05) is 16.5 Å². The first-order valence-electron chi connectivity index (χ1n) is 10.1. The van der Waals surface area contributed by atoms with Gasteiger partial charge in [-0.25, -0.2) is 0 Å². The number of benzene rings is 2. The highest BCUT2D eigenvalue weighted by molar-refractivity contribution is 6.29. The largest absolute Gasteiger partial charge is 0.417 e. The van der Waals surface area contributed by atoms with Crippen LogP contribution in [0.2, 0.25) is 0 Å². The minimum atomic E-state index is -4.78. The van der Waals surface area contributed by atoms with Gasteiger partial charge in [0.2, 0.25) is 5.91 Å². The van der Waals surface area contributed by atoms with E-state index in [1.165, 1.54) is 23.9 Å². The van der Waals surface area contributed by atoms with E-state index >= 15 is 0 Å². The number of anilines is 2. The first-order chi connectivity index (χ1) is 16.4. The second-order valence-corrected chi connectivity index (χ2v) is 8.05. The van der Waals surface area contributed by atoms with Gasteiger partial charge in [-0.2, -0.15) is 23.5 Å². The average Bonchev–Trinajstić information content (AvgIpc) is 3.26. The lowest BCUT2D eigenvalue weighted by Gasteiger charge is -2.22. The van der Waals surface area contributed by atoms with E-state index in [1.54, 1.807) is 30.5 Å². The van der Waals surface area contributed by atoms with Gasteiger partial charge in [-0.1, -0.05) is 12.1 Å². The maximum absolute atomic E-state index is 13.2. The third-order valence-corrected chi connectivity index (χ3v) is 5.16. The zero-order valence-corrected chi connectivity index (χ0v) is 19.0. The summed E-state index contributed by atoms with van der Waals surface area (Å²) < 4.78 is 40.8. The molecule has 2 aromatic carbocycles. The molecule has 8 nitrogen and oxygen atoms in total. The number of hydrogen-bond acceptors (Lipinski definition) is 5. The van der Waals surface area contributed by atoms with Crippen molar-refractivity contribution < 1.29 is 27.9 Å². The Morgan fingerprint density at radius 2 is 1.77 bits per heavy atom. The van der Waals surface area contributed by atoms with Gasteiger partial charge in [-0.3, -0.25) is 14.3 Å². The van der Waals surface area contributed by atoms with E-state index in [-0.39, 0.29) is 24.0 Å². The Bertz CT molecular complexity index is 1280. The number of nitrogens with one attached hydrogen (secondary N) is 2. The standard InChI is InChI=1S/C23H19ClF3N5O3/c1-22(35,21(34)31-18-7-4-15(10-28)19(8-18)23(25,26)27)13-32-12-16(11-29-32)14-2-5-17(6-3-14)30-20(33)9-24/h2-8,11-12,35H,9,13H2,1H3,(H,30,33)(H,31,34)/t22-/m0/s1. The molecule has 3 rings (SSSR count). The van der Waals surface area contributed by atoms with Crippen molar-refractivity contribution in [2.24, 2.45) is 0 Å². The number of rotatable bonds is 7. The van der Waals surface area contributed by atoms with Crippen LogP contribution in [0.1, 0.15) is 18.1 Å². The van der Waals surface area contributed by atoms with E-state index < -0.39 is 28.8 Å². The molecule has 0 radical (unpaired) electrons. The molecule has 3 aromatic rings. The van der Waals surface area contributed by atoms with Gasteiger partial charge in [0.25, 0.3) is 5.91 Å². The minimum absolute atomic E-state index is 0.170. The number of alkyl halides is 4. The number of amides is 2. The monoisotopic (exact) mass is 505 g/mol. The number of aliphatic hydroxyl groups is 1. The molecule has 2 amide bonds. The van der Waals surface area contributed by atoms with Gasteiger partial charge < -0.3 is 15.7 Å². The Morgan fingerprint density at radius 3 is 2.37 bits per heavy atom. The van der Waals surface area contributed by atoms with E-state index in [0.717, 1.165) is 17.7 Å². The molecule has 0 saturated heterocycles. The number of carbonyl (C=O) groups excluding carboxylic acids is 2. The van der Waals surface area contributed by atoms with Crippen LogP contribution < -0.4 is 10.6 Å². The Balaban J connectivity index is 1.70. The second kappa shape index (κ2) is 10.2. The van der Waals surface area contributed by atoms with Crippen molar-refractivity contribution in [3.8, 4) is 17.2 Å². The molecule has 3 N–H and O–H groups in total. The molecule has 0 bridgehead atoms. The van der Waals surface area contributed by atoms with Crippen LogP contribution in [-0.4, -0.2) is 38.2 Å². The van der Waals surface area contributed by atoms with Crippen LogP contribution in [-0.2, 0) is 22.3 Å². The number of nitrogens with zero attached hydrogens (tertiary/aromatic N) is 3. The van der Waals surface area contributed by atoms with Gasteiger partial charge in [0.1, 0.15) is 5.88 Å². The molecule has 1 aromatic heterocycles. The lowest BCUT2D eigenvalue weighted by molar-refractivity contribution is -0.138. The van der Waals surface area contributed by atoms with Crippen molar-refractivity contribution in [2.45, 2.75) is 25.2 Å². The summed E-state index contributed by atoms with van der Waals surface area (Å²) in [5, 5.41) is 28.5. The first kappa shape index (κ1) is 25.7. The molecule has 1 atom stereocenters. The van der Waals surface area contributed by atoms with Gasteiger partial charge in [-0.15, -0.1) is 11.6 Å². The summed E-state index contributed by atoms with van der Waals surface area (Å²) in [5.74, 6) is -1.47. The molecule has 182 valence electrons. The van der Waals surface area contributed by atoms with Gasteiger partial charge in [0.15, 0.2) is 5.60 Å². The zero-order chi connectivity index (χ0) is 25.8. The summed E-state index contributed by atoms with van der Waals surface area (Å²) in [6, 6.07) is 11.0. The van der Waals surface area contributed by atoms with Crippen molar-refractivity contribution in [3.63, 3.8) is 0 Å². The first-order valence-corrected chi connectivity index (χ1v) is 10.6. The summed E-state index contributed by atoms with van der Waals surface area (Å²) in [6.45, 7) is 0.914. The minimum Gasteiger partial charge on any atom is -0.378 e. The predicted octanol–water partition coefficient (Wildman–Crippen LogP) is 4.01. The number of nitriles is 1. The molecule has 0 saturated carbocycles. The third-order valence-electron chi connectivity index (χ3n) is 4.92. The molecule has 0 fully saturated rings. The zero-order valence-electron chi connectivity index (χ0n) is 18.2. The Hall–Kier alpha value is -3.88. The fourth-order valence-electron chi connectivity index (χ4n) is 3.15. The highest BCUT2D eigenvalue weighted by atomic mass is 35.5. The van der Waals surface area contributed by atoms with Crippen molar-refractivity contribution in [1.29, 1.82) is 5.26 Å². The fourth-order valence-corrected chi connectivity index (χ4v) is 3.21. The summed E-state index contributed by atoms with van der Waals surface area (Å²) in [5.41, 5.74) is -2.04. The quantitative estimate of drug-likeness (QED) is 0.419. The van der Waals surface area contributed by atoms with Crippen molar-refractivity contribution in [3.05, 3.63) is 66.0 Å². The third kappa shape index (κ3) is 6.38. The van der Waals surface area contributed by atoms with Crippen LogP contribution in [0.15, 0.2) is 54.9 Å². The maximum Gasteiger partial charge on any atom is 0.417 e. The van der Waals surface area contributed by atoms with Crippen LogP contribution >= 0.6 is 11.6 Å². The van der Waals surface area contributed by atoms with E-state index in [1.807, 2.05) is 0 Å². The number of hydrogen-bond donors (Lipinski definition) is 3. The molecular formula is C23H19ClF3N5O3. The number of aromatic nitrogens is 2. The second-order valence-electron chi connectivity index (χ2n) is 7.78. The van der Waals surface area contributed by atoms with Crippen molar-refractivity contribution >= 4 is 34.8 Å². The predicted molar refractivity (Wildman–Crippen MR) is 122 cm³/mol. The Kier molecular flexibility index (Phi) is 7.48. The van der Waals surface area contributed by atoms with Crippen LogP contribution in [0.4, 0.5) is 24.5 Å². The van der Waals surface area contributed by atoms with Gasteiger partial charge in [0.05, 0.1) is 29.9 Å². The van der Waals surface area contributed by atoms with Crippen LogP contribution in [0.3, 0.4) is 0 Å². The van der Waals surface area contributed by atoms with Crippen LogP contribution in [0.25, 0.3) is 11.1 Å². The average molecular weight is 506 g/mol. The van der Waals surface area contributed by atoms with E-state index in [0.29, 0.717) is 17.3 Å². The maximum atomic E-state index is 13.2. The van der Waals surface area contributed by atoms with Crippen molar-refractivity contribution in [1.82, 2.24) is 9.78 Å². The molecule has 1 heterocycles. The van der Waals surface area contributed by atoms with Gasteiger partial charge in [0, 0.05) is 23.1 Å². The van der Waals surface area contributed by atoms with Crippen LogP contribution in [0.5, 0.6) is 0 Å². The fraction of sp³-hybridized carbons (Fsp3) is 0.217. The van der Waals surface area contributed by atoms with Gasteiger partial charge >= 0.3 is 6.18 Å². The molecule has 12 heteroatoms. The molecule has 0 aliphatic heterocycles. The summed E-state index contributed by atoms with van der Waals surface area (Å²) >= 11 is 5.46. The number of halogens is 4. The highest BCUT2D eigenvalue weighted by Gasteiger charge is 2.35. The summed E-state index contributed by atoms with van der Waals surface area (Å²) in [7, 11) is 0. The Labute approximate surface area is 202 Å². The molecule has 0 spiro atoms. The smallest absolute Gasteiger partial charge is 0.378 e. The molecular weight excluding hydrogens is 487 g/mol. The SMILES string of the molecule is C[C@](O)(Cn1cc(-c2ccc(NC(=O)CCl)cc2)cn1)C(=O)Nc1ccc(C#N)c(C(F)(F)F)c1. The van der Waals surface area contributed by atoms with E-state index in [2.05, 4.69) is 15.7 Å². The lowest BCUT2D eigenvalue weighted by atomic mass is 10.0. The Morgan fingerprint density at radius 1 is 1.11 bits per heavy atom. The normalized spacial score (nSPS) is 12.9. The summed E-state index contributed by atoms with van der Waals surface area (Å²) in [6.07, 6.45) is -1.69. The van der Waals surface area contributed by atoms with Gasteiger partial charge in [-0.05, 0) is 42.8 Å². The lowest BCUT2D eigenvalue weighted by Crippen LogP contribution is -2.43.